The highest BCUT2D eigenvalue weighted by atomic mass is 16.5. The van der Waals surface area contributed by atoms with E-state index >= 15 is 0 Å². The van der Waals surface area contributed by atoms with Gasteiger partial charge in [0.15, 0.2) is 0 Å². The van der Waals surface area contributed by atoms with Crippen LogP contribution < -0.4 is 11.1 Å². The number of nitrogens with one attached hydrogen (secondary N) is 1. The van der Waals surface area contributed by atoms with E-state index in [9.17, 15) is 9.59 Å². The Labute approximate surface area is 125 Å². The largest absolute Gasteiger partial charge is 0.385 e. The predicted molar refractivity (Wildman–Crippen MR) is 81.9 cm³/mol. The molecule has 0 saturated carbocycles. The minimum absolute atomic E-state index is 0.0355. The Hall–Kier alpha value is -1.92. The van der Waals surface area contributed by atoms with Crippen molar-refractivity contribution in [3.05, 3.63) is 29.8 Å². The second-order valence-corrected chi connectivity index (χ2v) is 5.04. The zero-order valence-electron chi connectivity index (χ0n) is 12.8. The quantitative estimate of drug-likeness (QED) is 0.772. The number of hydrogen-bond donors (Lipinski definition) is 2. The highest BCUT2D eigenvalue weighted by molar-refractivity contribution is 5.94. The van der Waals surface area contributed by atoms with Gasteiger partial charge in [0.1, 0.15) is 0 Å². The maximum absolute atomic E-state index is 11.8. The molecule has 0 bridgehead atoms. The minimum atomic E-state index is -0.597. The fourth-order valence-electron chi connectivity index (χ4n) is 1.65. The predicted octanol–water partition coefficient (Wildman–Crippen LogP) is 0.620. The Morgan fingerprint density at radius 2 is 1.90 bits per heavy atom. The van der Waals surface area contributed by atoms with E-state index in [1.54, 1.807) is 38.2 Å². The van der Waals surface area contributed by atoms with Gasteiger partial charge in [0, 0.05) is 33.5 Å². The number of rotatable bonds is 7. The number of nitrogens with zero attached hydrogens (tertiary/aromatic N) is 1. The number of carbonyl (C=O) groups excluding carboxylic acids is 2. The summed E-state index contributed by atoms with van der Waals surface area (Å²) >= 11 is 0. The average molecular weight is 293 g/mol. The molecule has 1 unspecified atom stereocenters. The SMILES string of the molecule is COCCC(N)C(=O)Nc1ccc(CC(=O)N(C)C)cc1. The van der Waals surface area contributed by atoms with Crippen molar-refractivity contribution < 1.29 is 14.3 Å². The first-order valence-corrected chi connectivity index (χ1v) is 6.78. The third-order valence-corrected chi connectivity index (χ3v) is 3.05. The number of nitrogens with two attached hydrogens (primary N) is 1. The van der Waals surface area contributed by atoms with Crippen molar-refractivity contribution in [3.8, 4) is 0 Å². The lowest BCUT2D eigenvalue weighted by molar-refractivity contribution is -0.128. The molecule has 0 aliphatic rings. The molecule has 2 amide bonds. The van der Waals surface area contributed by atoms with Crippen molar-refractivity contribution in [2.75, 3.05) is 33.1 Å². The van der Waals surface area contributed by atoms with Crippen LogP contribution in [-0.2, 0) is 20.7 Å². The monoisotopic (exact) mass is 293 g/mol. The summed E-state index contributed by atoms with van der Waals surface area (Å²) in [4.78, 5) is 25.0. The van der Waals surface area contributed by atoms with Gasteiger partial charge in [0.25, 0.3) is 0 Å². The zero-order chi connectivity index (χ0) is 15.8. The molecule has 21 heavy (non-hydrogen) atoms. The molecule has 1 aromatic rings. The summed E-state index contributed by atoms with van der Waals surface area (Å²) in [5, 5.41) is 2.74. The van der Waals surface area contributed by atoms with Crippen molar-refractivity contribution in [2.24, 2.45) is 5.73 Å². The van der Waals surface area contributed by atoms with Gasteiger partial charge in [0.05, 0.1) is 12.5 Å². The molecule has 0 fully saturated rings. The molecule has 0 radical (unpaired) electrons. The highest BCUT2D eigenvalue weighted by Gasteiger charge is 2.13. The lowest BCUT2D eigenvalue weighted by Crippen LogP contribution is -2.36. The van der Waals surface area contributed by atoms with E-state index in [2.05, 4.69) is 5.32 Å². The van der Waals surface area contributed by atoms with Crippen molar-refractivity contribution in [2.45, 2.75) is 18.9 Å². The van der Waals surface area contributed by atoms with Crippen LogP contribution in [0.5, 0.6) is 0 Å². The van der Waals surface area contributed by atoms with Crippen LogP contribution in [0.1, 0.15) is 12.0 Å². The molecule has 1 aromatic carbocycles. The summed E-state index contributed by atoms with van der Waals surface area (Å²) in [6.45, 7) is 0.445. The Morgan fingerprint density at radius 3 is 2.43 bits per heavy atom. The molecule has 0 saturated heterocycles. The normalized spacial score (nSPS) is 11.8. The molecule has 0 aromatic heterocycles. The molecule has 0 aliphatic heterocycles. The smallest absolute Gasteiger partial charge is 0.241 e. The molecular formula is C15H23N3O3. The van der Waals surface area contributed by atoms with Crippen LogP contribution >= 0.6 is 0 Å². The summed E-state index contributed by atoms with van der Waals surface area (Å²) in [5.74, 6) is -0.211. The van der Waals surface area contributed by atoms with E-state index in [-0.39, 0.29) is 11.8 Å². The molecule has 1 atom stereocenters. The standard InChI is InChI=1S/C15H23N3O3/c1-18(2)14(19)10-11-4-6-12(7-5-11)17-15(20)13(16)8-9-21-3/h4-7,13H,8-10,16H2,1-3H3,(H,17,20). The molecular weight excluding hydrogens is 270 g/mol. The molecule has 0 spiro atoms. The Morgan fingerprint density at radius 1 is 1.29 bits per heavy atom. The number of likely N-dealkylation sites (N-methyl/N-ethyl adjacent to an activating group) is 1. The van der Waals surface area contributed by atoms with E-state index in [0.717, 1.165) is 5.56 Å². The van der Waals surface area contributed by atoms with Gasteiger partial charge in [-0.15, -0.1) is 0 Å². The second-order valence-electron chi connectivity index (χ2n) is 5.04. The lowest BCUT2D eigenvalue weighted by Gasteiger charge is -2.13. The maximum Gasteiger partial charge on any atom is 0.241 e. The van der Waals surface area contributed by atoms with Crippen molar-refractivity contribution in [1.82, 2.24) is 4.90 Å². The summed E-state index contributed by atoms with van der Waals surface area (Å²) in [6.07, 6.45) is 0.812. The van der Waals surface area contributed by atoms with Gasteiger partial charge < -0.3 is 20.7 Å². The number of hydrogen-bond acceptors (Lipinski definition) is 4. The zero-order valence-corrected chi connectivity index (χ0v) is 12.8. The Kier molecular flexibility index (Phi) is 6.84. The fraction of sp³-hybridized carbons (Fsp3) is 0.467. The molecule has 1 rings (SSSR count). The minimum Gasteiger partial charge on any atom is -0.385 e. The van der Waals surface area contributed by atoms with E-state index < -0.39 is 6.04 Å². The molecule has 0 heterocycles. The lowest BCUT2D eigenvalue weighted by atomic mass is 10.1. The third kappa shape index (κ3) is 5.93. The van der Waals surface area contributed by atoms with Gasteiger partial charge in [-0.05, 0) is 24.1 Å². The van der Waals surface area contributed by atoms with Gasteiger partial charge >= 0.3 is 0 Å². The topological polar surface area (TPSA) is 84.7 Å². The van der Waals surface area contributed by atoms with Crippen LogP contribution in [0, 0.1) is 0 Å². The third-order valence-electron chi connectivity index (χ3n) is 3.05. The molecule has 116 valence electrons. The Bertz CT molecular complexity index is 472. The number of anilines is 1. The number of benzene rings is 1. The summed E-state index contributed by atoms with van der Waals surface area (Å²) in [6, 6.07) is 6.56. The highest BCUT2D eigenvalue weighted by Crippen LogP contribution is 2.11. The van der Waals surface area contributed by atoms with Crippen LogP contribution in [0.4, 0.5) is 5.69 Å². The number of ether oxygens (including phenoxy) is 1. The van der Waals surface area contributed by atoms with Crippen molar-refractivity contribution >= 4 is 17.5 Å². The summed E-state index contributed by atoms with van der Waals surface area (Å²) < 4.78 is 4.89. The number of amides is 2. The van der Waals surface area contributed by atoms with Crippen LogP contribution in [0.15, 0.2) is 24.3 Å². The fourth-order valence-corrected chi connectivity index (χ4v) is 1.65. The van der Waals surface area contributed by atoms with Crippen LogP contribution in [0.25, 0.3) is 0 Å². The first-order valence-electron chi connectivity index (χ1n) is 6.78. The molecule has 0 aliphatic carbocycles. The summed E-state index contributed by atoms with van der Waals surface area (Å²) in [5.41, 5.74) is 7.30. The molecule has 3 N–H and O–H groups in total. The molecule has 6 nitrogen and oxygen atoms in total. The van der Waals surface area contributed by atoms with Gasteiger partial charge in [-0.2, -0.15) is 0 Å². The van der Waals surface area contributed by atoms with Gasteiger partial charge in [0.2, 0.25) is 11.8 Å². The number of methoxy groups -OCH3 is 1. The van der Waals surface area contributed by atoms with E-state index in [1.807, 2.05) is 12.1 Å². The van der Waals surface area contributed by atoms with Crippen molar-refractivity contribution in [1.29, 1.82) is 0 Å². The van der Waals surface area contributed by atoms with Crippen LogP contribution in [0.2, 0.25) is 0 Å². The maximum atomic E-state index is 11.8. The van der Waals surface area contributed by atoms with Gasteiger partial charge in [-0.3, -0.25) is 9.59 Å². The first kappa shape index (κ1) is 17.1. The van der Waals surface area contributed by atoms with Gasteiger partial charge in [-0.1, -0.05) is 12.1 Å². The Balaban J connectivity index is 2.54. The van der Waals surface area contributed by atoms with E-state index in [1.165, 1.54) is 0 Å². The number of carbonyl (C=O) groups is 2. The van der Waals surface area contributed by atoms with Crippen molar-refractivity contribution in [3.63, 3.8) is 0 Å². The first-order chi connectivity index (χ1) is 9.93. The summed E-state index contributed by atoms with van der Waals surface area (Å²) in [7, 11) is 5.01. The molecule has 6 heteroatoms. The van der Waals surface area contributed by atoms with Gasteiger partial charge in [-0.25, -0.2) is 0 Å². The average Bonchev–Trinajstić information content (AvgIpc) is 2.46. The second kappa shape index (κ2) is 8.39. The van der Waals surface area contributed by atoms with Crippen LogP contribution in [0.3, 0.4) is 0 Å². The van der Waals surface area contributed by atoms with E-state index in [0.29, 0.717) is 25.1 Å². The van der Waals surface area contributed by atoms with E-state index in [4.69, 9.17) is 10.5 Å². The van der Waals surface area contributed by atoms with Crippen LogP contribution in [-0.4, -0.2) is 50.6 Å².